The van der Waals surface area contributed by atoms with Gasteiger partial charge in [0.15, 0.2) is 5.58 Å². The number of aromatic nitrogens is 6. The van der Waals surface area contributed by atoms with Crippen molar-refractivity contribution >= 4 is 98.3 Å². The molecule has 388 valence electrons. The van der Waals surface area contributed by atoms with Crippen molar-refractivity contribution in [3.05, 3.63) is 239 Å². The number of hydrogen-bond donors (Lipinski definition) is 0. The molecule has 81 heavy (non-hydrogen) atoms. The second-order valence-corrected chi connectivity index (χ2v) is 22.9. The van der Waals surface area contributed by atoms with Crippen molar-refractivity contribution in [3.63, 3.8) is 0 Å². The maximum Gasteiger partial charge on any atom is 0.231 e. The Balaban J connectivity index is 1.31. The van der Waals surface area contributed by atoms with Crippen molar-refractivity contribution in [1.29, 1.82) is 0 Å². The average Bonchev–Trinajstić information content (AvgIpc) is 3.33. The molecule has 0 spiro atoms. The first kappa shape index (κ1) is 47.1. The number of oxazole rings is 1. The number of para-hydroxylation sites is 2. The molecule has 16 rings (SSSR count). The summed E-state index contributed by atoms with van der Waals surface area (Å²) in [4.78, 5) is 11.3. The van der Waals surface area contributed by atoms with Gasteiger partial charge in [-0.25, -0.2) is 4.98 Å². The molecule has 0 amide bonds. The van der Waals surface area contributed by atoms with Crippen LogP contribution in [-0.2, 0) is 0 Å². The third-order valence-electron chi connectivity index (χ3n) is 17.0. The molecule has 0 atom stereocenters. The molecule has 0 unspecified atom stereocenters. The zero-order chi connectivity index (χ0) is 54.7. The summed E-state index contributed by atoms with van der Waals surface area (Å²) in [5.41, 5.74) is 25.9. The van der Waals surface area contributed by atoms with Gasteiger partial charge in [-0.15, -0.1) is 0 Å². The maximum absolute atomic E-state index is 7.49. The standard InChI is InChI=1S/C74H56N6O/c1-41-16-24-59-49(33-41)50-34-42(2)17-25-60(50)77(59)70-68(58-14-11-12-32-75-58)71(78-61-26-18-43(3)35-51(61)52-36-44(4)19-27-62(52)78)73(80-65-30-22-47(7)39-55(65)56-40-48(8)23-31-66(56)80)69(74-76-57-13-9-10-15-67(57)81-74)72(70)79-63-28-20-45(5)37-53(63)54-38-46(6)21-29-64(54)79/h9-40H,1-8H3. The highest BCUT2D eigenvalue weighted by atomic mass is 16.3. The van der Waals surface area contributed by atoms with Crippen LogP contribution in [0, 0.1) is 55.4 Å². The Hall–Kier alpha value is -9.98. The molecular formula is C74H56N6O. The Morgan fingerprint density at radius 1 is 0.296 bits per heavy atom. The summed E-state index contributed by atoms with van der Waals surface area (Å²) in [7, 11) is 0. The van der Waals surface area contributed by atoms with E-state index in [0.717, 1.165) is 111 Å². The Bertz CT molecular complexity index is 4840. The van der Waals surface area contributed by atoms with Crippen molar-refractivity contribution < 1.29 is 4.42 Å². The lowest BCUT2D eigenvalue weighted by atomic mass is 9.95. The molecule has 0 radical (unpaired) electrons. The number of aryl methyl sites for hydroxylation is 8. The summed E-state index contributed by atoms with van der Waals surface area (Å²) in [6.45, 7) is 17.6. The molecule has 6 heterocycles. The van der Waals surface area contributed by atoms with Crippen LogP contribution in [0.2, 0.25) is 0 Å². The summed E-state index contributed by atoms with van der Waals surface area (Å²) in [6.07, 6.45) is 1.95. The fraction of sp³-hybridized carbons (Fsp3) is 0.108. The van der Waals surface area contributed by atoms with E-state index in [-0.39, 0.29) is 0 Å². The summed E-state index contributed by atoms with van der Waals surface area (Å²) < 4.78 is 17.6. The molecule has 0 saturated carbocycles. The van der Waals surface area contributed by atoms with Crippen LogP contribution in [0.4, 0.5) is 0 Å². The first-order valence-electron chi connectivity index (χ1n) is 28.0. The third-order valence-corrected chi connectivity index (χ3v) is 17.0. The lowest BCUT2D eigenvalue weighted by molar-refractivity contribution is 0.619. The van der Waals surface area contributed by atoms with Crippen molar-refractivity contribution in [1.82, 2.24) is 28.2 Å². The van der Waals surface area contributed by atoms with Crippen LogP contribution in [-0.4, -0.2) is 28.2 Å². The van der Waals surface area contributed by atoms with E-state index in [1.165, 1.54) is 66.1 Å². The van der Waals surface area contributed by atoms with Gasteiger partial charge < -0.3 is 22.7 Å². The fourth-order valence-corrected chi connectivity index (χ4v) is 13.5. The second-order valence-electron chi connectivity index (χ2n) is 22.9. The lowest BCUT2D eigenvalue weighted by Crippen LogP contribution is -2.16. The predicted octanol–water partition coefficient (Wildman–Crippen LogP) is 19.4. The lowest BCUT2D eigenvalue weighted by Gasteiger charge is -2.30. The zero-order valence-corrected chi connectivity index (χ0v) is 46.6. The highest BCUT2D eigenvalue weighted by Gasteiger charge is 2.37. The second kappa shape index (κ2) is 17.3. The molecule has 0 N–H and O–H groups in total. The molecule has 16 aromatic rings. The largest absolute Gasteiger partial charge is 0.436 e. The van der Waals surface area contributed by atoms with E-state index in [9.17, 15) is 0 Å². The average molecular weight is 1050 g/mol. The Morgan fingerprint density at radius 3 is 0.864 bits per heavy atom. The first-order valence-corrected chi connectivity index (χ1v) is 28.0. The summed E-state index contributed by atoms with van der Waals surface area (Å²) in [6, 6.07) is 70.0. The van der Waals surface area contributed by atoms with Crippen LogP contribution in [0.15, 0.2) is 199 Å². The normalized spacial score (nSPS) is 12.2. The zero-order valence-electron chi connectivity index (χ0n) is 46.6. The van der Waals surface area contributed by atoms with E-state index in [4.69, 9.17) is 14.4 Å². The van der Waals surface area contributed by atoms with E-state index in [0.29, 0.717) is 11.5 Å². The van der Waals surface area contributed by atoms with Crippen molar-refractivity contribution in [2.75, 3.05) is 0 Å². The fourth-order valence-electron chi connectivity index (χ4n) is 13.5. The molecule has 0 aliphatic rings. The van der Waals surface area contributed by atoms with Crippen LogP contribution < -0.4 is 0 Å². The van der Waals surface area contributed by atoms with Gasteiger partial charge in [0.1, 0.15) is 5.52 Å². The van der Waals surface area contributed by atoms with Crippen molar-refractivity contribution in [2.24, 2.45) is 0 Å². The van der Waals surface area contributed by atoms with Crippen LogP contribution in [0.1, 0.15) is 44.5 Å². The molecule has 0 saturated heterocycles. The molecule has 6 aromatic heterocycles. The topological polar surface area (TPSA) is 58.6 Å². The van der Waals surface area contributed by atoms with E-state index >= 15 is 0 Å². The van der Waals surface area contributed by atoms with Crippen molar-refractivity contribution in [2.45, 2.75) is 55.4 Å². The Kier molecular flexibility index (Phi) is 10.0. The number of pyridine rings is 1. The molecule has 0 aliphatic carbocycles. The SMILES string of the molecule is Cc1ccc2c(c1)c1cc(C)ccc1n2-c1c(-c2ccccn2)c(-n2c3ccc(C)cc3c3cc(C)ccc32)c(-n2c3ccc(C)cc3c3cc(C)ccc32)c(-c2nc3ccccc3o2)c1-n1c2ccc(C)cc2c2cc(C)ccc21. The monoisotopic (exact) mass is 1040 g/mol. The van der Waals surface area contributed by atoms with E-state index in [2.05, 4.69) is 244 Å². The molecule has 0 bridgehead atoms. The number of rotatable bonds is 6. The van der Waals surface area contributed by atoms with Gasteiger partial charge in [-0.2, -0.15) is 0 Å². The third kappa shape index (κ3) is 6.88. The maximum atomic E-state index is 7.49. The van der Waals surface area contributed by atoms with Crippen molar-refractivity contribution in [3.8, 4) is 45.5 Å². The van der Waals surface area contributed by atoms with Gasteiger partial charge in [-0.3, -0.25) is 4.98 Å². The number of benzene rings is 10. The molecular weight excluding hydrogens is 989 g/mol. The van der Waals surface area contributed by atoms with Gasteiger partial charge in [0, 0.05) is 49.3 Å². The highest BCUT2D eigenvalue weighted by Crippen LogP contribution is 2.55. The predicted molar refractivity (Wildman–Crippen MR) is 338 cm³/mol. The summed E-state index contributed by atoms with van der Waals surface area (Å²) in [5.74, 6) is 0.500. The van der Waals surface area contributed by atoms with Crippen LogP contribution >= 0.6 is 0 Å². The van der Waals surface area contributed by atoms with Gasteiger partial charge in [0.25, 0.3) is 0 Å². The van der Waals surface area contributed by atoms with E-state index in [1.807, 2.05) is 24.4 Å². The van der Waals surface area contributed by atoms with Crippen LogP contribution in [0.25, 0.3) is 144 Å². The summed E-state index contributed by atoms with van der Waals surface area (Å²) >= 11 is 0. The van der Waals surface area contributed by atoms with Crippen LogP contribution in [0.3, 0.4) is 0 Å². The quantitative estimate of drug-likeness (QED) is 0.167. The number of nitrogens with zero attached hydrogens (tertiary/aromatic N) is 6. The van der Waals surface area contributed by atoms with Gasteiger partial charge in [0.05, 0.1) is 83.7 Å². The molecule has 10 aromatic carbocycles. The molecule has 7 nitrogen and oxygen atoms in total. The Labute approximate surface area is 468 Å². The Morgan fingerprint density at radius 2 is 0.580 bits per heavy atom. The summed E-state index contributed by atoms with van der Waals surface area (Å²) in [5, 5.41) is 9.34. The first-order chi connectivity index (χ1) is 39.4. The van der Waals surface area contributed by atoms with Gasteiger partial charge in [0.2, 0.25) is 5.89 Å². The van der Waals surface area contributed by atoms with Gasteiger partial charge >= 0.3 is 0 Å². The minimum atomic E-state index is 0.500. The molecule has 0 aliphatic heterocycles. The van der Waals surface area contributed by atoms with Gasteiger partial charge in [-0.05, 0) is 177 Å². The minimum Gasteiger partial charge on any atom is -0.436 e. The van der Waals surface area contributed by atoms with E-state index in [1.54, 1.807) is 0 Å². The molecule has 0 fully saturated rings. The molecule has 7 heteroatoms. The van der Waals surface area contributed by atoms with Gasteiger partial charge in [-0.1, -0.05) is 111 Å². The minimum absolute atomic E-state index is 0.500. The smallest absolute Gasteiger partial charge is 0.231 e. The number of hydrogen-bond acceptors (Lipinski definition) is 3. The highest BCUT2D eigenvalue weighted by molar-refractivity contribution is 6.18. The van der Waals surface area contributed by atoms with Crippen LogP contribution in [0.5, 0.6) is 0 Å². The van der Waals surface area contributed by atoms with E-state index < -0.39 is 0 Å². The number of fused-ring (bicyclic) bond motifs is 13.